The molecule has 1 aliphatic heterocycles. The van der Waals surface area contributed by atoms with Gasteiger partial charge in [0.05, 0.1) is 4.91 Å². The van der Waals surface area contributed by atoms with Crippen LogP contribution in [0.3, 0.4) is 0 Å². The van der Waals surface area contributed by atoms with Gasteiger partial charge in [-0.2, -0.15) is 0 Å². The number of aryl methyl sites for hydroxylation is 1. The van der Waals surface area contributed by atoms with E-state index in [2.05, 4.69) is 21.2 Å². The summed E-state index contributed by atoms with van der Waals surface area (Å²) >= 11 is 9.72. The number of thioether (sulfide) groups is 1. The van der Waals surface area contributed by atoms with Gasteiger partial charge in [0.1, 0.15) is 29.0 Å². The van der Waals surface area contributed by atoms with Gasteiger partial charge in [-0.1, -0.05) is 57.6 Å². The van der Waals surface area contributed by atoms with E-state index < -0.39 is 0 Å². The number of nitrogens with one attached hydrogen (secondary N) is 1. The molecular weight excluding hydrogens is 434 g/mol. The first-order chi connectivity index (χ1) is 12.5. The molecule has 1 amide bonds. The Hall–Kier alpha value is -1.83. The van der Waals surface area contributed by atoms with E-state index >= 15 is 0 Å². The highest BCUT2D eigenvalue weighted by molar-refractivity contribution is 9.10. The summed E-state index contributed by atoms with van der Waals surface area (Å²) in [5, 5.41) is 2.61. The fraction of sp³-hybridized carbons (Fsp3) is 0.158. The van der Waals surface area contributed by atoms with Crippen molar-refractivity contribution in [3.63, 3.8) is 0 Å². The van der Waals surface area contributed by atoms with Crippen LogP contribution < -0.4 is 14.8 Å². The predicted octanol–water partition coefficient (Wildman–Crippen LogP) is 4.70. The molecule has 2 aromatic rings. The summed E-state index contributed by atoms with van der Waals surface area (Å²) in [6.07, 6.45) is 1.78. The van der Waals surface area contributed by atoms with Gasteiger partial charge in [0.2, 0.25) is 0 Å². The molecule has 26 heavy (non-hydrogen) atoms. The average molecular weight is 450 g/mol. The Morgan fingerprint density at radius 2 is 1.88 bits per heavy atom. The molecule has 2 aromatic carbocycles. The van der Waals surface area contributed by atoms with E-state index in [0.717, 1.165) is 15.8 Å². The number of amides is 1. The van der Waals surface area contributed by atoms with Crippen molar-refractivity contribution < 1.29 is 14.3 Å². The van der Waals surface area contributed by atoms with Crippen molar-refractivity contribution in [1.82, 2.24) is 5.32 Å². The second-order valence-corrected chi connectivity index (χ2v) is 8.18. The highest BCUT2D eigenvalue weighted by Crippen LogP contribution is 2.31. The summed E-state index contributed by atoms with van der Waals surface area (Å²) in [4.78, 5) is 12.4. The lowest BCUT2D eigenvalue weighted by Gasteiger charge is -2.11. The molecule has 0 unspecified atom stereocenters. The van der Waals surface area contributed by atoms with E-state index in [4.69, 9.17) is 21.7 Å². The zero-order chi connectivity index (χ0) is 18.5. The lowest BCUT2D eigenvalue weighted by atomic mass is 10.2. The Balaban J connectivity index is 1.64. The maximum atomic E-state index is 11.9. The van der Waals surface area contributed by atoms with Crippen molar-refractivity contribution >= 4 is 56.2 Å². The molecule has 7 heteroatoms. The van der Waals surface area contributed by atoms with Gasteiger partial charge in [-0.25, -0.2) is 0 Å². The lowest BCUT2D eigenvalue weighted by molar-refractivity contribution is -0.115. The molecule has 0 aromatic heterocycles. The minimum absolute atomic E-state index is 0.186. The van der Waals surface area contributed by atoms with Gasteiger partial charge in [-0.15, -0.1) is 0 Å². The number of hydrogen-bond acceptors (Lipinski definition) is 5. The number of thiocarbonyl (C=S) groups is 1. The minimum atomic E-state index is -0.186. The second-order valence-electron chi connectivity index (χ2n) is 5.54. The van der Waals surface area contributed by atoms with Crippen LogP contribution in [0.4, 0.5) is 0 Å². The molecule has 134 valence electrons. The zero-order valence-corrected chi connectivity index (χ0v) is 17.2. The number of halogens is 1. The van der Waals surface area contributed by atoms with Gasteiger partial charge in [0, 0.05) is 10.0 Å². The summed E-state index contributed by atoms with van der Waals surface area (Å²) in [5.41, 5.74) is 1.99. The highest BCUT2D eigenvalue weighted by Gasteiger charge is 2.22. The number of carbonyl (C=O) groups excluding carboxylic acids is 1. The Labute approximate surface area is 170 Å². The molecule has 1 fully saturated rings. The average Bonchev–Trinajstić information content (AvgIpc) is 2.92. The number of benzene rings is 2. The molecule has 1 N–H and O–H groups in total. The topological polar surface area (TPSA) is 47.6 Å². The minimum Gasteiger partial charge on any atom is -0.490 e. The van der Waals surface area contributed by atoms with Crippen LogP contribution in [-0.4, -0.2) is 23.4 Å². The third kappa shape index (κ3) is 5.09. The van der Waals surface area contributed by atoms with E-state index in [1.54, 1.807) is 6.08 Å². The number of ether oxygens (including phenoxy) is 2. The molecule has 1 aliphatic rings. The van der Waals surface area contributed by atoms with Crippen LogP contribution in [0.15, 0.2) is 51.8 Å². The monoisotopic (exact) mass is 449 g/mol. The third-order valence-electron chi connectivity index (χ3n) is 3.53. The molecule has 0 saturated carbocycles. The van der Waals surface area contributed by atoms with E-state index in [9.17, 15) is 4.79 Å². The Kier molecular flexibility index (Phi) is 6.34. The maximum Gasteiger partial charge on any atom is 0.263 e. The van der Waals surface area contributed by atoms with E-state index in [0.29, 0.717) is 28.2 Å². The quantitative estimate of drug-likeness (QED) is 0.393. The second kappa shape index (κ2) is 8.70. The van der Waals surface area contributed by atoms with Gasteiger partial charge >= 0.3 is 0 Å². The summed E-state index contributed by atoms with van der Waals surface area (Å²) in [5.74, 6) is 1.30. The summed E-state index contributed by atoms with van der Waals surface area (Å²) in [6, 6.07) is 13.5. The Bertz CT molecular complexity index is 866. The first-order valence-electron chi connectivity index (χ1n) is 7.88. The van der Waals surface area contributed by atoms with E-state index in [1.807, 2.05) is 49.4 Å². The maximum absolute atomic E-state index is 11.9. The lowest BCUT2D eigenvalue weighted by Crippen LogP contribution is -2.17. The van der Waals surface area contributed by atoms with Crippen molar-refractivity contribution in [2.24, 2.45) is 0 Å². The van der Waals surface area contributed by atoms with Crippen molar-refractivity contribution in [1.29, 1.82) is 0 Å². The smallest absolute Gasteiger partial charge is 0.263 e. The van der Waals surface area contributed by atoms with E-state index in [-0.39, 0.29) is 5.91 Å². The Morgan fingerprint density at radius 3 is 2.58 bits per heavy atom. The summed E-state index contributed by atoms with van der Waals surface area (Å²) in [6.45, 7) is 2.85. The van der Waals surface area contributed by atoms with E-state index in [1.165, 1.54) is 17.3 Å². The normalized spacial score (nSPS) is 15.2. The van der Waals surface area contributed by atoms with Crippen LogP contribution >= 0.6 is 39.9 Å². The number of hydrogen-bond donors (Lipinski definition) is 1. The highest BCUT2D eigenvalue weighted by atomic mass is 79.9. The van der Waals surface area contributed by atoms with Crippen molar-refractivity contribution in [2.45, 2.75) is 6.92 Å². The Morgan fingerprint density at radius 1 is 1.15 bits per heavy atom. The molecule has 0 atom stereocenters. The van der Waals surface area contributed by atoms with Crippen molar-refractivity contribution in [3.8, 4) is 11.5 Å². The number of carbonyl (C=O) groups is 1. The van der Waals surface area contributed by atoms with Crippen LogP contribution in [0, 0.1) is 6.92 Å². The largest absolute Gasteiger partial charge is 0.490 e. The number of rotatable bonds is 6. The molecule has 0 spiro atoms. The molecule has 0 aliphatic carbocycles. The molecule has 4 nitrogen and oxygen atoms in total. The van der Waals surface area contributed by atoms with Crippen molar-refractivity contribution in [3.05, 3.63) is 63.0 Å². The SMILES string of the molecule is Cc1ccc(OCCOc2ccc(Br)cc2/C=C2\SC(=S)NC2=O)cc1. The van der Waals surface area contributed by atoms with Crippen LogP contribution in [-0.2, 0) is 4.79 Å². The molecule has 1 saturated heterocycles. The van der Waals surface area contributed by atoms with Crippen LogP contribution in [0.2, 0.25) is 0 Å². The molecule has 1 heterocycles. The predicted molar refractivity (Wildman–Crippen MR) is 113 cm³/mol. The molecular formula is C19H16BrNO3S2. The van der Waals surface area contributed by atoms with Gasteiger partial charge in [-0.3, -0.25) is 4.79 Å². The third-order valence-corrected chi connectivity index (χ3v) is 5.19. The van der Waals surface area contributed by atoms with Gasteiger partial charge in [0.15, 0.2) is 0 Å². The fourth-order valence-corrected chi connectivity index (χ4v) is 3.69. The first kappa shape index (κ1) is 18.9. The van der Waals surface area contributed by atoms with Gasteiger partial charge in [-0.05, 0) is 43.3 Å². The zero-order valence-electron chi connectivity index (χ0n) is 14.0. The summed E-state index contributed by atoms with van der Waals surface area (Å²) < 4.78 is 12.9. The standard InChI is InChI=1S/C19H16BrNO3S2/c1-12-2-5-15(6-3-12)23-8-9-24-16-7-4-14(20)10-13(16)11-17-18(22)21-19(25)26-17/h2-7,10-11H,8-9H2,1H3,(H,21,22,25)/b17-11-. The molecule has 3 rings (SSSR count). The van der Waals surface area contributed by atoms with Crippen LogP contribution in [0.1, 0.15) is 11.1 Å². The molecule has 0 radical (unpaired) electrons. The van der Waals surface area contributed by atoms with Gasteiger partial charge in [0.25, 0.3) is 5.91 Å². The fourth-order valence-electron chi connectivity index (χ4n) is 2.27. The first-order valence-corrected chi connectivity index (χ1v) is 9.90. The van der Waals surface area contributed by atoms with Gasteiger partial charge < -0.3 is 14.8 Å². The van der Waals surface area contributed by atoms with Crippen LogP contribution in [0.5, 0.6) is 11.5 Å². The van der Waals surface area contributed by atoms with Crippen molar-refractivity contribution in [2.75, 3.05) is 13.2 Å². The van der Waals surface area contributed by atoms with Crippen LogP contribution in [0.25, 0.3) is 6.08 Å². The molecule has 0 bridgehead atoms. The summed E-state index contributed by atoms with van der Waals surface area (Å²) in [7, 11) is 0.